The number of esters is 1. The van der Waals surface area contributed by atoms with Crippen molar-refractivity contribution >= 4 is 18.0 Å². The van der Waals surface area contributed by atoms with Gasteiger partial charge < -0.3 is 19.5 Å². The summed E-state index contributed by atoms with van der Waals surface area (Å²) >= 11 is 0. The van der Waals surface area contributed by atoms with Crippen LogP contribution in [-0.2, 0) is 20.7 Å². The molecule has 0 aliphatic rings. The van der Waals surface area contributed by atoms with Crippen molar-refractivity contribution in [2.24, 2.45) is 0 Å². The average molecular weight is 347 g/mol. The number of hydrogen-bond acceptors (Lipinski definition) is 5. The van der Waals surface area contributed by atoms with Gasteiger partial charge in [0.15, 0.2) is 11.5 Å². The monoisotopic (exact) mass is 347 g/mol. The second kappa shape index (κ2) is 10.9. The van der Waals surface area contributed by atoms with E-state index in [0.717, 1.165) is 11.1 Å². The van der Waals surface area contributed by atoms with Crippen molar-refractivity contribution in [2.45, 2.75) is 20.3 Å². The number of hydrogen-bond donors (Lipinski definition) is 1. The first kappa shape index (κ1) is 20.3. The SMILES string of the molecule is C/C=C/C(=O)NCCc1cc(OC)c(OC)cc1/C=C/C(=O)OCC. The number of methoxy groups -OCH3 is 2. The molecule has 1 amide bonds. The molecule has 1 aromatic rings. The first-order valence-corrected chi connectivity index (χ1v) is 8.05. The fourth-order valence-electron chi connectivity index (χ4n) is 2.19. The predicted molar refractivity (Wildman–Crippen MR) is 96.7 cm³/mol. The summed E-state index contributed by atoms with van der Waals surface area (Å²) in [6.07, 6.45) is 6.76. The van der Waals surface area contributed by atoms with Crippen LogP contribution in [0.25, 0.3) is 6.08 Å². The van der Waals surface area contributed by atoms with Crippen LogP contribution < -0.4 is 14.8 Å². The van der Waals surface area contributed by atoms with E-state index in [0.29, 0.717) is 31.1 Å². The van der Waals surface area contributed by atoms with Gasteiger partial charge in [-0.05, 0) is 55.7 Å². The van der Waals surface area contributed by atoms with Crippen LogP contribution >= 0.6 is 0 Å². The molecule has 0 bridgehead atoms. The molecule has 0 heterocycles. The van der Waals surface area contributed by atoms with Gasteiger partial charge in [0.1, 0.15) is 0 Å². The van der Waals surface area contributed by atoms with E-state index in [4.69, 9.17) is 14.2 Å². The second-order valence-electron chi connectivity index (χ2n) is 5.03. The molecule has 0 aliphatic heterocycles. The minimum atomic E-state index is -0.412. The Morgan fingerprint density at radius 3 is 2.40 bits per heavy atom. The quantitative estimate of drug-likeness (QED) is 0.549. The summed E-state index contributed by atoms with van der Waals surface area (Å²) in [5.74, 6) is 0.592. The van der Waals surface area contributed by atoms with Crippen molar-refractivity contribution in [1.82, 2.24) is 5.32 Å². The predicted octanol–water partition coefficient (Wildman–Crippen LogP) is 2.51. The van der Waals surface area contributed by atoms with Crippen LogP contribution in [0.4, 0.5) is 0 Å². The van der Waals surface area contributed by atoms with Crippen LogP contribution in [0.15, 0.2) is 30.4 Å². The number of carbonyl (C=O) groups is 2. The molecule has 0 saturated carbocycles. The highest BCUT2D eigenvalue weighted by Crippen LogP contribution is 2.31. The van der Waals surface area contributed by atoms with Crippen LogP contribution in [-0.4, -0.2) is 39.2 Å². The Morgan fingerprint density at radius 1 is 1.12 bits per heavy atom. The second-order valence-corrected chi connectivity index (χ2v) is 5.03. The van der Waals surface area contributed by atoms with Crippen molar-refractivity contribution in [2.75, 3.05) is 27.4 Å². The minimum absolute atomic E-state index is 0.147. The maximum absolute atomic E-state index is 11.6. The van der Waals surface area contributed by atoms with Gasteiger partial charge in [-0.3, -0.25) is 4.79 Å². The standard InChI is InChI=1S/C19H25NO5/c1-5-7-18(21)20-11-10-15-13-17(24-4)16(23-3)12-14(15)8-9-19(22)25-6-2/h5,7-9,12-13H,6,10-11H2,1-4H3,(H,20,21)/b7-5+,9-8+. The number of ether oxygens (including phenoxy) is 3. The highest BCUT2D eigenvalue weighted by atomic mass is 16.5. The highest BCUT2D eigenvalue weighted by Gasteiger charge is 2.10. The van der Waals surface area contributed by atoms with E-state index in [-0.39, 0.29) is 5.91 Å². The number of rotatable bonds is 9. The lowest BCUT2D eigenvalue weighted by molar-refractivity contribution is -0.137. The summed E-state index contributed by atoms with van der Waals surface area (Å²) in [6.45, 7) is 4.31. The Kier molecular flexibility index (Phi) is 8.85. The fourth-order valence-corrected chi connectivity index (χ4v) is 2.19. The normalized spacial score (nSPS) is 10.9. The maximum Gasteiger partial charge on any atom is 0.330 e. The van der Waals surface area contributed by atoms with Gasteiger partial charge in [0.2, 0.25) is 5.91 Å². The third-order valence-electron chi connectivity index (χ3n) is 3.34. The molecule has 6 nitrogen and oxygen atoms in total. The molecule has 0 saturated heterocycles. The van der Waals surface area contributed by atoms with E-state index in [1.165, 1.54) is 12.2 Å². The minimum Gasteiger partial charge on any atom is -0.493 e. The molecule has 0 spiro atoms. The molecular formula is C19H25NO5. The van der Waals surface area contributed by atoms with Gasteiger partial charge in [0, 0.05) is 12.6 Å². The molecule has 6 heteroatoms. The molecule has 0 unspecified atom stereocenters. The van der Waals surface area contributed by atoms with Crippen LogP contribution in [0.1, 0.15) is 25.0 Å². The zero-order chi connectivity index (χ0) is 18.7. The van der Waals surface area contributed by atoms with E-state index >= 15 is 0 Å². The Labute approximate surface area is 148 Å². The van der Waals surface area contributed by atoms with Crippen molar-refractivity contribution in [1.29, 1.82) is 0 Å². The van der Waals surface area contributed by atoms with Crippen LogP contribution in [0, 0.1) is 0 Å². The van der Waals surface area contributed by atoms with Gasteiger partial charge in [-0.1, -0.05) is 6.08 Å². The topological polar surface area (TPSA) is 73.9 Å². The van der Waals surface area contributed by atoms with E-state index in [9.17, 15) is 9.59 Å². The highest BCUT2D eigenvalue weighted by molar-refractivity contribution is 5.88. The largest absolute Gasteiger partial charge is 0.493 e. The summed E-state index contributed by atoms with van der Waals surface area (Å²) < 4.78 is 15.5. The molecule has 1 rings (SSSR count). The van der Waals surface area contributed by atoms with E-state index < -0.39 is 5.97 Å². The first-order valence-electron chi connectivity index (χ1n) is 8.05. The first-order chi connectivity index (χ1) is 12.0. The molecule has 0 radical (unpaired) electrons. The van der Waals surface area contributed by atoms with Gasteiger partial charge in [-0.25, -0.2) is 4.79 Å². The molecular weight excluding hydrogens is 322 g/mol. The molecule has 136 valence electrons. The fraction of sp³-hybridized carbons (Fsp3) is 0.368. The summed E-state index contributed by atoms with van der Waals surface area (Å²) in [5, 5.41) is 2.80. The lowest BCUT2D eigenvalue weighted by atomic mass is 10.0. The molecule has 25 heavy (non-hydrogen) atoms. The van der Waals surface area contributed by atoms with Crippen LogP contribution in [0.2, 0.25) is 0 Å². The zero-order valence-electron chi connectivity index (χ0n) is 15.1. The Morgan fingerprint density at radius 2 is 1.80 bits per heavy atom. The maximum atomic E-state index is 11.6. The number of carbonyl (C=O) groups excluding carboxylic acids is 2. The molecule has 0 aliphatic carbocycles. The lowest BCUT2D eigenvalue weighted by Crippen LogP contribution is -2.23. The van der Waals surface area contributed by atoms with Gasteiger partial charge in [-0.15, -0.1) is 0 Å². The average Bonchev–Trinajstić information content (AvgIpc) is 2.60. The smallest absolute Gasteiger partial charge is 0.330 e. The Hall–Kier alpha value is -2.76. The summed E-state index contributed by atoms with van der Waals surface area (Å²) in [6, 6.07) is 3.63. The lowest BCUT2D eigenvalue weighted by Gasteiger charge is -2.13. The molecule has 0 atom stereocenters. The van der Waals surface area contributed by atoms with E-state index in [2.05, 4.69) is 5.32 Å². The zero-order valence-corrected chi connectivity index (χ0v) is 15.1. The van der Waals surface area contributed by atoms with E-state index in [1.807, 2.05) is 6.07 Å². The molecule has 0 fully saturated rings. The van der Waals surface area contributed by atoms with Crippen molar-refractivity contribution in [3.63, 3.8) is 0 Å². The Balaban J connectivity index is 3.01. The Bertz CT molecular complexity index is 649. The number of benzene rings is 1. The van der Waals surface area contributed by atoms with Crippen molar-refractivity contribution in [3.8, 4) is 11.5 Å². The number of nitrogens with one attached hydrogen (secondary N) is 1. The molecule has 1 aromatic carbocycles. The molecule has 1 N–H and O–H groups in total. The van der Waals surface area contributed by atoms with E-state index in [1.54, 1.807) is 46.3 Å². The van der Waals surface area contributed by atoms with Crippen molar-refractivity contribution < 1.29 is 23.8 Å². The van der Waals surface area contributed by atoms with Crippen LogP contribution in [0.5, 0.6) is 11.5 Å². The number of allylic oxidation sites excluding steroid dienone is 1. The molecule has 0 aromatic heterocycles. The summed E-state index contributed by atoms with van der Waals surface area (Å²) in [4.78, 5) is 23.1. The summed E-state index contributed by atoms with van der Waals surface area (Å²) in [5.41, 5.74) is 1.71. The van der Waals surface area contributed by atoms with Crippen molar-refractivity contribution in [3.05, 3.63) is 41.5 Å². The number of amides is 1. The van der Waals surface area contributed by atoms with Crippen LogP contribution in [0.3, 0.4) is 0 Å². The van der Waals surface area contributed by atoms with Gasteiger partial charge in [0.25, 0.3) is 0 Å². The van der Waals surface area contributed by atoms with Gasteiger partial charge in [-0.2, -0.15) is 0 Å². The third kappa shape index (κ3) is 6.71. The van der Waals surface area contributed by atoms with Gasteiger partial charge >= 0.3 is 5.97 Å². The van der Waals surface area contributed by atoms with Gasteiger partial charge in [0.05, 0.1) is 20.8 Å². The third-order valence-corrected chi connectivity index (χ3v) is 3.34. The summed E-state index contributed by atoms with van der Waals surface area (Å²) in [7, 11) is 3.11.